The highest BCUT2D eigenvalue weighted by Gasteiger charge is 2.55. The molecule has 0 saturated carbocycles. The van der Waals surface area contributed by atoms with Crippen molar-refractivity contribution in [1.29, 1.82) is 0 Å². The third kappa shape index (κ3) is 2.29. The van der Waals surface area contributed by atoms with Gasteiger partial charge in [0.2, 0.25) is 0 Å². The summed E-state index contributed by atoms with van der Waals surface area (Å²) in [5, 5.41) is 9.35. The van der Waals surface area contributed by atoms with E-state index in [2.05, 4.69) is 10.3 Å². The van der Waals surface area contributed by atoms with E-state index in [0.29, 0.717) is 5.69 Å². The van der Waals surface area contributed by atoms with Crippen LogP contribution in [0.15, 0.2) is 46.7 Å². The van der Waals surface area contributed by atoms with Crippen LogP contribution in [0.2, 0.25) is 0 Å². The largest absolute Gasteiger partial charge is 0.271 e. The van der Waals surface area contributed by atoms with Crippen molar-refractivity contribution < 1.29 is 18.4 Å². The van der Waals surface area contributed by atoms with Crippen molar-refractivity contribution in [3.05, 3.63) is 59.2 Å². The molecule has 0 radical (unpaired) electrons. The lowest BCUT2D eigenvalue weighted by atomic mass is 10.1. The molecular weight excluding hydrogens is 342 g/mol. The van der Waals surface area contributed by atoms with Crippen molar-refractivity contribution >= 4 is 23.2 Å². The molecule has 0 N–H and O–H groups in total. The van der Waals surface area contributed by atoms with Crippen LogP contribution in [0.1, 0.15) is 11.1 Å². The molecule has 2 amide bonds. The van der Waals surface area contributed by atoms with Gasteiger partial charge in [-0.15, -0.1) is 0 Å². The van der Waals surface area contributed by atoms with Crippen LogP contribution in [0, 0.1) is 25.5 Å². The van der Waals surface area contributed by atoms with Crippen molar-refractivity contribution in [2.24, 2.45) is 10.3 Å². The Morgan fingerprint density at radius 2 is 1.73 bits per heavy atom. The molecule has 6 nitrogen and oxygen atoms in total. The van der Waals surface area contributed by atoms with Crippen LogP contribution in [-0.2, 0) is 9.59 Å². The topological polar surface area (TPSA) is 65.3 Å². The van der Waals surface area contributed by atoms with Gasteiger partial charge in [0.05, 0.1) is 11.4 Å². The number of hydrogen-bond donors (Lipinski definition) is 0. The van der Waals surface area contributed by atoms with Crippen LogP contribution in [-0.4, -0.2) is 23.9 Å². The van der Waals surface area contributed by atoms with Crippen molar-refractivity contribution in [3.8, 4) is 0 Å². The van der Waals surface area contributed by atoms with E-state index in [1.165, 1.54) is 11.1 Å². The van der Waals surface area contributed by atoms with Gasteiger partial charge in [0, 0.05) is 6.07 Å². The van der Waals surface area contributed by atoms with Gasteiger partial charge in [-0.1, -0.05) is 22.9 Å². The Kier molecular flexibility index (Phi) is 3.57. The van der Waals surface area contributed by atoms with E-state index in [-0.39, 0.29) is 5.69 Å². The summed E-state index contributed by atoms with van der Waals surface area (Å²) < 4.78 is 26.7. The number of benzene rings is 2. The molecule has 26 heavy (non-hydrogen) atoms. The summed E-state index contributed by atoms with van der Waals surface area (Å²) in [6.07, 6.45) is 0. The fourth-order valence-corrected chi connectivity index (χ4v) is 3.30. The van der Waals surface area contributed by atoms with Crippen LogP contribution >= 0.6 is 0 Å². The van der Waals surface area contributed by atoms with E-state index in [0.717, 1.165) is 28.2 Å². The van der Waals surface area contributed by atoms with Crippen molar-refractivity contribution in [1.82, 2.24) is 0 Å². The highest BCUT2D eigenvalue weighted by molar-refractivity contribution is 6.26. The van der Waals surface area contributed by atoms with Crippen LogP contribution in [0.3, 0.4) is 0 Å². The van der Waals surface area contributed by atoms with Gasteiger partial charge in [-0.05, 0) is 37.6 Å². The zero-order valence-corrected chi connectivity index (χ0v) is 14.0. The molecule has 0 bridgehead atoms. The molecule has 2 aliphatic heterocycles. The maximum atomic E-state index is 13.5. The van der Waals surface area contributed by atoms with Gasteiger partial charge in [-0.25, -0.2) is 18.7 Å². The van der Waals surface area contributed by atoms with Gasteiger partial charge < -0.3 is 0 Å². The molecule has 1 fully saturated rings. The Morgan fingerprint density at radius 3 is 2.42 bits per heavy atom. The number of hydrogen-bond acceptors (Lipinski definition) is 5. The first-order chi connectivity index (χ1) is 12.4. The Hall–Kier alpha value is -3.16. The fraction of sp³-hybridized carbons (Fsp3) is 0.222. The molecule has 132 valence electrons. The molecule has 2 aromatic carbocycles. The third-order valence-corrected chi connectivity index (χ3v) is 4.54. The zero-order chi connectivity index (χ0) is 18.6. The molecule has 2 aliphatic rings. The summed E-state index contributed by atoms with van der Waals surface area (Å²) in [6, 6.07) is 6.57. The van der Waals surface area contributed by atoms with Gasteiger partial charge in [0.1, 0.15) is 0 Å². The molecule has 2 atom stereocenters. The third-order valence-electron chi connectivity index (χ3n) is 4.54. The Labute approximate surface area is 147 Å². The standard InChI is InChI=1S/C18H14F2N4O2/c1-9-3-6-14(10(2)7-9)24-16-15(21-22-24)17(25)23(18(16)26)11-4-5-12(19)13(20)8-11/h3-8,15-16H,1-2H3/t15-,16-/m0/s1. The van der Waals surface area contributed by atoms with Gasteiger partial charge >= 0.3 is 0 Å². The summed E-state index contributed by atoms with van der Waals surface area (Å²) in [5.41, 5.74) is 2.58. The summed E-state index contributed by atoms with van der Waals surface area (Å²) >= 11 is 0. The van der Waals surface area contributed by atoms with E-state index in [4.69, 9.17) is 0 Å². The van der Waals surface area contributed by atoms with Gasteiger partial charge in [-0.2, -0.15) is 5.11 Å². The summed E-state index contributed by atoms with van der Waals surface area (Å²) in [6.45, 7) is 3.82. The highest BCUT2D eigenvalue weighted by atomic mass is 19.2. The average Bonchev–Trinajstić information content (AvgIpc) is 3.12. The molecule has 0 unspecified atom stereocenters. The second kappa shape index (κ2) is 5.69. The number of carbonyl (C=O) groups excluding carboxylic acids is 2. The number of halogens is 2. The quantitative estimate of drug-likeness (QED) is 0.777. The molecule has 0 aliphatic carbocycles. The lowest BCUT2D eigenvalue weighted by Gasteiger charge is -2.22. The molecule has 1 saturated heterocycles. The molecule has 4 rings (SSSR count). The summed E-state index contributed by atoms with van der Waals surface area (Å²) in [7, 11) is 0. The monoisotopic (exact) mass is 356 g/mol. The van der Waals surface area contributed by atoms with Crippen molar-refractivity contribution in [3.63, 3.8) is 0 Å². The number of anilines is 2. The average molecular weight is 356 g/mol. The van der Waals surface area contributed by atoms with E-state index in [9.17, 15) is 18.4 Å². The number of fused-ring (bicyclic) bond motifs is 1. The minimum Gasteiger partial charge on any atom is -0.271 e. The van der Waals surface area contributed by atoms with Gasteiger partial charge in [-0.3, -0.25) is 9.59 Å². The highest BCUT2D eigenvalue weighted by Crippen LogP contribution is 2.36. The number of amides is 2. The molecule has 8 heteroatoms. The molecule has 0 spiro atoms. The minimum atomic E-state index is -1.13. The van der Waals surface area contributed by atoms with E-state index in [1.54, 1.807) is 0 Å². The second-order valence-corrected chi connectivity index (χ2v) is 6.34. The Bertz CT molecular complexity index is 976. The van der Waals surface area contributed by atoms with Gasteiger partial charge in [0.15, 0.2) is 23.7 Å². The minimum absolute atomic E-state index is 0.0240. The smallest absolute Gasteiger partial charge is 0.263 e. The first kappa shape index (κ1) is 16.3. The maximum absolute atomic E-state index is 13.5. The molecule has 2 heterocycles. The number of imide groups is 1. The molecule has 2 aromatic rings. The second-order valence-electron chi connectivity index (χ2n) is 6.34. The number of aryl methyl sites for hydroxylation is 2. The number of carbonyl (C=O) groups is 2. The predicted molar refractivity (Wildman–Crippen MR) is 89.7 cm³/mol. The van der Waals surface area contributed by atoms with Crippen molar-refractivity contribution in [2.75, 3.05) is 9.91 Å². The fourth-order valence-electron chi connectivity index (χ4n) is 3.30. The normalized spacial score (nSPS) is 21.7. The van der Waals surface area contributed by atoms with Crippen LogP contribution in [0.25, 0.3) is 0 Å². The maximum Gasteiger partial charge on any atom is 0.263 e. The lowest BCUT2D eigenvalue weighted by molar-refractivity contribution is -0.121. The van der Waals surface area contributed by atoms with Gasteiger partial charge in [0.25, 0.3) is 11.8 Å². The first-order valence-electron chi connectivity index (χ1n) is 7.98. The number of nitrogens with zero attached hydrogens (tertiary/aromatic N) is 4. The lowest BCUT2D eigenvalue weighted by Crippen LogP contribution is -2.40. The number of rotatable bonds is 2. The van der Waals surface area contributed by atoms with E-state index in [1.807, 2.05) is 32.0 Å². The predicted octanol–water partition coefficient (Wildman–Crippen LogP) is 3.08. The SMILES string of the molecule is Cc1ccc(N2N=N[C@@H]3C(=O)N(c4ccc(F)c(F)c4)C(=O)[C@H]32)c(C)c1. The molecule has 0 aromatic heterocycles. The van der Waals surface area contributed by atoms with Crippen LogP contribution < -0.4 is 9.91 Å². The summed E-state index contributed by atoms with van der Waals surface area (Å²) in [4.78, 5) is 26.3. The Morgan fingerprint density at radius 1 is 0.962 bits per heavy atom. The first-order valence-corrected chi connectivity index (χ1v) is 7.98. The zero-order valence-electron chi connectivity index (χ0n) is 14.0. The van der Waals surface area contributed by atoms with E-state index < -0.39 is 35.5 Å². The van der Waals surface area contributed by atoms with Crippen molar-refractivity contribution in [2.45, 2.75) is 25.9 Å². The van der Waals surface area contributed by atoms with E-state index >= 15 is 0 Å². The van der Waals surface area contributed by atoms with Crippen LogP contribution in [0.4, 0.5) is 20.2 Å². The summed E-state index contributed by atoms with van der Waals surface area (Å²) in [5.74, 6) is -3.37. The molecular formula is C18H14F2N4O2. The van der Waals surface area contributed by atoms with Crippen LogP contribution in [0.5, 0.6) is 0 Å². The Balaban J connectivity index is 1.72.